The van der Waals surface area contributed by atoms with Gasteiger partial charge >= 0.3 is 0 Å². The minimum absolute atomic E-state index is 0.0706. The highest BCUT2D eigenvalue weighted by molar-refractivity contribution is 9.10. The topological polar surface area (TPSA) is 37.8 Å². The number of aromatic nitrogens is 2. The molecule has 0 aliphatic rings. The fourth-order valence-corrected chi connectivity index (χ4v) is 2.22. The zero-order valence-corrected chi connectivity index (χ0v) is 11.4. The predicted octanol–water partition coefficient (Wildman–Crippen LogP) is 2.86. The molecule has 0 amide bonds. The van der Waals surface area contributed by atoms with Gasteiger partial charge < -0.3 is 5.32 Å². The largest absolute Gasteiger partial charge is 0.308 e. The second-order valence-corrected chi connectivity index (χ2v) is 4.77. The van der Waals surface area contributed by atoms with Crippen molar-refractivity contribution < 1.29 is 0 Å². The van der Waals surface area contributed by atoms with Gasteiger partial charge in [-0.05, 0) is 37.2 Å². The van der Waals surface area contributed by atoms with Crippen LogP contribution in [0.5, 0.6) is 0 Å². The molecule has 4 heteroatoms. The minimum Gasteiger partial charge on any atom is -0.308 e. The monoisotopic (exact) mass is 291 g/mol. The summed E-state index contributed by atoms with van der Waals surface area (Å²) in [6.45, 7) is 2.10. The van der Waals surface area contributed by atoms with E-state index in [4.69, 9.17) is 0 Å². The molecule has 0 aliphatic carbocycles. The second kappa shape index (κ2) is 5.38. The molecule has 0 radical (unpaired) electrons. The predicted molar refractivity (Wildman–Crippen MR) is 71.8 cm³/mol. The van der Waals surface area contributed by atoms with Crippen molar-refractivity contribution in [2.24, 2.45) is 0 Å². The zero-order chi connectivity index (χ0) is 12.3. The van der Waals surface area contributed by atoms with Crippen LogP contribution in [0.4, 0.5) is 0 Å². The Morgan fingerprint density at radius 2 is 2.12 bits per heavy atom. The van der Waals surface area contributed by atoms with Crippen LogP contribution in [0.25, 0.3) is 0 Å². The van der Waals surface area contributed by atoms with Crippen LogP contribution in [0.1, 0.15) is 22.9 Å². The van der Waals surface area contributed by atoms with Crippen molar-refractivity contribution in [1.29, 1.82) is 0 Å². The molecule has 0 aliphatic heterocycles. The van der Waals surface area contributed by atoms with Crippen LogP contribution in [-0.2, 0) is 0 Å². The van der Waals surface area contributed by atoms with E-state index in [1.54, 1.807) is 18.6 Å². The Hall–Kier alpha value is -1.26. The molecule has 17 heavy (non-hydrogen) atoms. The Balaban J connectivity index is 2.46. The lowest BCUT2D eigenvalue weighted by Crippen LogP contribution is -2.20. The van der Waals surface area contributed by atoms with Crippen LogP contribution in [0.2, 0.25) is 0 Å². The first kappa shape index (κ1) is 12.2. The maximum absolute atomic E-state index is 4.36. The third-order valence-electron chi connectivity index (χ3n) is 2.72. The van der Waals surface area contributed by atoms with E-state index < -0.39 is 0 Å². The molecule has 0 fully saturated rings. The van der Waals surface area contributed by atoms with Crippen molar-refractivity contribution in [1.82, 2.24) is 15.3 Å². The van der Waals surface area contributed by atoms with Gasteiger partial charge in [-0.3, -0.25) is 9.97 Å². The molecule has 2 rings (SSSR count). The van der Waals surface area contributed by atoms with Crippen molar-refractivity contribution in [3.63, 3.8) is 0 Å². The molecule has 1 aromatic heterocycles. The summed E-state index contributed by atoms with van der Waals surface area (Å²) in [5, 5.41) is 3.28. The molecule has 3 nitrogen and oxygen atoms in total. The molecule has 1 N–H and O–H groups in total. The molecule has 88 valence electrons. The maximum Gasteiger partial charge on any atom is 0.0801 e. The zero-order valence-electron chi connectivity index (χ0n) is 9.81. The summed E-state index contributed by atoms with van der Waals surface area (Å²) in [5.41, 5.74) is 3.37. The summed E-state index contributed by atoms with van der Waals surface area (Å²) in [5.74, 6) is 0. The van der Waals surface area contributed by atoms with E-state index in [9.17, 15) is 0 Å². The van der Waals surface area contributed by atoms with Gasteiger partial charge in [0.1, 0.15) is 0 Å². The van der Waals surface area contributed by atoms with Crippen LogP contribution >= 0.6 is 15.9 Å². The molecular formula is C13H14BrN3. The van der Waals surface area contributed by atoms with E-state index in [-0.39, 0.29) is 6.04 Å². The number of rotatable bonds is 3. The Bertz CT molecular complexity index is 499. The Morgan fingerprint density at radius 1 is 1.29 bits per heavy atom. The maximum atomic E-state index is 4.36. The normalized spacial score (nSPS) is 12.4. The Labute approximate surface area is 109 Å². The average Bonchev–Trinajstić information content (AvgIpc) is 2.36. The highest BCUT2D eigenvalue weighted by Crippen LogP contribution is 2.25. The standard InChI is InChI=1S/C13H14BrN3/c1-9-3-4-10(14)7-11(9)13(15-2)12-8-16-5-6-17-12/h3-8,13,15H,1-2H3. The van der Waals surface area contributed by atoms with Crippen molar-refractivity contribution in [2.45, 2.75) is 13.0 Å². The number of aryl methyl sites for hydroxylation is 1. The van der Waals surface area contributed by atoms with Crippen LogP contribution in [0.15, 0.2) is 41.3 Å². The van der Waals surface area contributed by atoms with Crippen LogP contribution < -0.4 is 5.32 Å². The average molecular weight is 292 g/mol. The minimum atomic E-state index is 0.0706. The molecule has 2 aromatic rings. The first-order chi connectivity index (χ1) is 8.22. The molecule has 1 aromatic carbocycles. The lowest BCUT2D eigenvalue weighted by atomic mass is 9.99. The van der Waals surface area contributed by atoms with Gasteiger partial charge in [0.25, 0.3) is 0 Å². The van der Waals surface area contributed by atoms with Crippen molar-refractivity contribution in [3.05, 3.63) is 58.1 Å². The van der Waals surface area contributed by atoms with E-state index in [0.29, 0.717) is 0 Å². The highest BCUT2D eigenvalue weighted by Gasteiger charge is 2.15. The van der Waals surface area contributed by atoms with Gasteiger partial charge in [-0.2, -0.15) is 0 Å². The molecule has 0 saturated heterocycles. The summed E-state index contributed by atoms with van der Waals surface area (Å²) < 4.78 is 1.07. The van der Waals surface area contributed by atoms with Gasteiger partial charge in [-0.25, -0.2) is 0 Å². The summed E-state index contributed by atoms with van der Waals surface area (Å²) in [7, 11) is 1.93. The van der Waals surface area contributed by atoms with E-state index in [1.807, 2.05) is 13.1 Å². The number of benzene rings is 1. The Kier molecular flexibility index (Phi) is 3.86. The van der Waals surface area contributed by atoms with E-state index >= 15 is 0 Å². The van der Waals surface area contributed by atoms with Crippen LogP contribution in [-0.4, -0.2) is 17.0 Å². The Morgan fingerprint density at radius 3 is 2.76 bits per heavy atom. The molecule has 1 unspecified atom stereocenters. The molecule has 1 heterocycles. The van der Waals surface area contributed by atoms with E-state index in [1.165, 1.54) is 11.1 Å². The number of hydrogen-bond donors (Lipinski definition) is 1. The fraction of sp³-hybridized carbons (Fsp3) is 0.231. The van der Waals surface area contributed by atoms with Crippen LogP contribution in [0.3, 0.4) is 0 Å². The van der Waals surface area contributed by atoms with Crippen molar-refractivity contribution in [2.75, 3.05) is 7.05 Å². The van der Waals surface area contributed by atoms with Gasteiger partial charge in [-0.1, -0.05) is 22.0 Å². The SMILES string of the molecule is CNC(c1cnccn1)c1cc(Br)ccc1C. The lowest BCUT2D eigenvalue weighted by molar-refractivity contribution is 0.662. The van der Waals surface area contributed by atoms with E-state index in [2.05, 4.69) is 50.3 Å². The molecule has 0 saturated carbocycles. The second-order valence-electron chi connectivity index (χ2n) is 3.85. The third-order valence-corrected chi connectivity index (χ3v) is 3.21. The van der Waals surface area contributed by atoms with Gasteiger partial charge in [-0.15, -0.1) is 0 Å². The van der Waals surface area contributed by atoms with Gasteiger partial charge in [0, 0.05) is 16.9 Å². The number of nitrogens with zero attached hydrogens (tertiary/aromatic N) is 2. The summed E-state index contributed by atoms with van der Waals surface area (Å²) in [6.07, 6.45) is 5.19. The van der Waals surface area contributed by atoms with Crippen LogP contribution in [0, 0.1) is 6.92 Å². The number of hydrogen-bond acceptors (Lipinski definition) is 3. The van der Waals surface area contributed by atoms with E-state index in [0.717, 1.165) is 10.2 Å². The van der Waals surface area contributed by atoms with Crippen molar-refractivity contribution >= 4 is 15.9 Å². The van der Waals surface area contributed by atoms with Gasteiger partial charge in [0.05, 0.1) is 17.9 Å². The molecule has 0 spiro atoms. The third kappa shape index (κ3) is 2.70. The molecule has 1 atom stereocenters. The van der Waals surface area contributed by atoms with Gasteiger partial charge in [0.15, 0.2) is 0 Å². The lowest BCUT2D eigenvalue weighted by Gasteiger charge is -2.18. The molecule has 0 bridgehead atoms. The summed E-state index contributed by atoms with van der Waals surface area (Å²) in [6, 6.07) is 6.33. The first-order valence-electron chi connectivity index (χ1n) is 5.41. The fourth-order valence-electron chi connectivity index (χ4n) is 1.84. The molecular weight excluding hydrogens is 278 g/mol. The highest BCUT2D eigenvalue weighted by atomic mass is 79.9. The summed E-state index contributed by atoms with van der Waals surface area (Å²) in [4.78, 5) is 8.47. The van der Waals surface area contributed by atoms with Gasteiger partial charge in [0.2, 0.25) is 0 Å². The smallest absolute Gasteiger partial charge is 0.0801 e. The van der Waals surface area contributed by atoms with Crippen molar-refractivity contribution in [3.8, 4) is 0 Å². The first-order valence-corrected chi connectivity index (χ1v) is 6.21. The summed E-state index contributed by atoms with van der Waals surface area (Å²) >= 11 is 3.50. The number of halogens is 1. The number of nitrogens with one attached hydrogen (secondary N) is 1. The quantitative estimate of drug-likeness (QED) is 0.945.